The Morgan fingerprint density at radius 3 is 2.37 bits per heavy atom. The van der Waals surface area contributed by atoms with Crippen molar-refractivity contribution in [2.45, 2.75) is 0 Å². The first-order valence-electron chi connectivity index (χ1n) is 7.79. The van der Waals surface area contributed by atoms with E-state index >= 15 is 0 Å². The number of nitro benzene ring substituents is 1. The Balaban J connectivity index is 1.76. The zero-order valence-corrected chi connectivity index (χ0v) is 14.5. The van der Waals surface area contributed by atoms with Crippen LogP contribution in [0.15, 0.2) is 48.5 Å². The fraction of sp³-hybridized carbons (Fsp3) is 0.118. The van der Waals surface area contributed by atoms with Crippen LogP contribution in [0.1, 0.15) is 0 Å². The first-order valence-corrected chi connectivity index (χ1v) is 8.17. The maximum atomic E-state index is 12.7. The zero-order valence-electron chi connectivity index (χ0n) is 13.7. The van der Waals surface area contributed by atoms with E-state index in [1.807, 2.05) is 0 Å². The quantitative estimate of drug-likeness (QED) is 0.473. The Morgan fingerprint density at radius 1 is 1.15 bits per heavy atom. The molecule has 2 aromatic rings. The van der Waals surface area contributed by atoms with Gasteiger partial charge in [-0.25, -0.2) is 9.69 Å². The van der Waals surface area contributed by atoms with Gasteiger partial charge in [0, 0.05) is 29.4 Å². The van der Waals surface area contributed by atoms with Crippen molar-refractivity contribution in [3.05, 3.63) is 63.7 Å². The molecule has 1 aliphatic rings. The van der Waals surface area contributed by atoms with Gasteiger partial charge < -0.3 is 10.6 Å². The largest absolute Gasteiger partial charge is 0.336 e. The first kappa shape index (κ1) is 18.3. The van der Waals surface area contributed by atoms with Crippen LogP contribution in [0.3, 0.4) is 0 Å². The maximum Gasteiger partial charge on any atom is 0.328 e. The summed E-state index contributed by atoms with van der Waals surface area (Å²) in [4.78, 5) is 48.2. The van der Waals surface area contributed by atoms with Crippen LogP contribution in [0, 0.1) is 16.0 Å². The number of urea groups is 1. The van der Waals surface area contributed by atoms with Gasteiger partial charge in [-0.3, -0.25) is 19.7 Å². The number of carbonyl (C=O) groups is 3. The smallest absolute Gasteiger partial charge is 0.328 e. The van der Waals surface area contributed by atoms with Crippen molar-refractivity contribution in [3.8, 4) is 0 Å². The lowest BCUT2D eigenvalue weighted by Crippen LogP contribution is -2.58. The number of anilines is 2. The monoisotopic (exact) mass is 388 g/mol. The molecule has 2 aromatic carbocycles. The third-order valence-corrected chi connectivity index (χ3v) is 4.18. The van der Waals surface area contributed by atoms with Gasteiger partial charge in [-0.15, -0.1) is 0 Å². The topological polar surface area (TPSA) is 122 Å². The molecule has 138 valence electrons. The molecule has 1 aliphatic heterocycles. The zero-order chi connectivity index (χ0) is 19.6. The number of halogens is 1. The Hall–Kier alpha value is -3.46. The SMILES string of the molecule is O=C(Nc1ccc([N+](=O)[O-])cc1)C1CNC(=O)N(c2ccc(Cl)cc2)C1=O. The van der Waals surface area contributed by atoms with Gasteiger partial charge >= 0.3 is 6.03 Å². The highest BCUT2D eigenvalue weighted by atomic mass is 35.5. The van der Waals surface area contributed by atoms with Crippen LogP contribution < -0.4 is 15.5 Å². The van der Waals surface area contributed by atoms with Crippen LogP contribution in [-0.2, 0) is 9.59 Å². The second-order valence-corrected chi connectivity index (χ2v) is 6.12. The minimum Gasteiger partial charge on any atom is -0.336 e. The van der Waals surface area contributed by atoms with Crippen molar-refractivity contribution in [2.75, 3.05) is 16.8 Å². The van der Waals surface area contributed by atoms with Crippen LogP contribution in [0.4, 0.5) is 21.9 Å². The highest BCUT2D eigenvalue weighted by Gasteiger charge is 2.39. The molecule has 0 bridgehead atoms. The number of nitro groups is 1. The molecule has 1 unspecified atom stereocenters. The van der Waals surface area contributed by atoms with E-state index in [2.05, 4.69) is 10.6 Å². The van der Waals surface area contributed by atoms with E-state index in [4.69, 9.17) is 11.6 Å². The second-order valence-electron chi connectivity index (χ2n) is 5.68. The van der Waals surface area contributed by atoms with Crippen molar-refractivity contribution in [1.29, 1.82) is 0 Å². The molecule has 0 aromatic heterocycles. The Labute approximate surface area is 158 Å². The number of nitrogens with one attached hydrogen (secondary N) is 2. The molecule has 9 nitrogen and oxygen atoms in total. The van der Waals surface area contributed by atoms with E-state index in [1.54, 1.807) is 0 Å². The normalized spacial score (nSPS) is 16.6. The van der Waals surface area contributed by atoms with E-state index in [-0.39, 0.29) is 17.9 Å². The third-order valence-electron chi connectivity index (χ3n) is 3.93. The second kappa shape index (κ2) is 7.42. The number of non-ortho nitro benzene ring substituents is 1. The van der Waals surface area contributed by atoms with E-state index in [9.17, 15) is 24.5 Å². The van der Waals surface area contributed by atoms with Crippen molar-refractivity contribution < 1.29 is 19.3 Å². The van der Waals surface area contributed by atoms with Gasteiger partial charge in [-0.2, -0.15) is 0 Å². The van der Waals surface area contributed by atoms with Crippen LogP contribution in [0.2, 0.25) is 5.02 Å². The van der Waals surface area contributed by atoms with Gasteiger partial charge in [0.15, 0.2) is 0 Å². The van der Waals surface area contributed by atoms with Crippen molar-refractivity contribution in [1.82, 2.24) is 5.32 Å². The minimum atomic E-state index is -1.14. The van der Waals surface area contributed by atoms with E-state index in [0.29, 0.717) is 10.7 Å². The van der Waals surface area contributed by atoms with Crippen LogP contribution >= 0.6 is 11.6 Å². The number of hydrogen-bond donors (Lipinski definition) is 2. The molecule has 4 amide bonds. The summed E-state index contributed by atoms with van der Waals surface area (Å²) in [6, 6.07) is 10.6. The Kier molecular flexibility index (Phi) is 5.04. The number of hydrogen-bond acceptors (Lipinski definition) is 5. The first-order chi connectivity index (χ1) is 12.9. The van der Waals surface area contributed by atoms with Gasteiger partial charge in [-0.1, -0.05) is 11.6 Å². The lowest BCUT2D eigenvalue weighted by Gasteiger charge is -2.30. The molecule has 2 N–H and O–H groups in total. The van der Waals surface area contributed by atoms with Gasteiger partial charge in [0.2, 0.25) is 11.8 Å². The lowest BCUT2D eigenvalue weighted by atomic mass is 10.0. The summed E-state index contributed by atoms with van der Waals surface area (Å²) in [5, 5.41) is 16.1. The molecular formula is C17H13ClN4O5. The molecule has 3 rings (SSSR count). The van der Waals surface area contributed by atoms with Gasteiger partial charge in [0.25, 0.3) is 5.69 Å². The summed E-state index contributed by atoms with van der Waals surface area (Å²) in [7, 11) is 0. The summed E-state index contributed by atoms with van der Waals surface area (Å²) in [5.74, 6) is -2.46. The average molecular weight is 389 g/mol. The highest BCUT2D eigenvalue weighted by molar-refractivity contribution is 6.30. The molecule has 1 fully saturated rings. The molecule has 1 heterocycles. The summed E-state index contributed by atoms with van der Waals surface area (Å²) in [6.07, 6.45) is 0. The third kappa shape index (κ3) is 3.87. The number of imide groups is 1. The van der Waals surface area contributed by atoms with Crippen LogP contribution in [-0.4, -0.2) is 29.3 Å². The van der Waals surface area contributed by atoms with Crippen LogP contribution in [0.25, 0.3) is 0 Å². The number of rotatable bonds is 4. The number of nitrogens with zero attached hydrogens (tertiary/aromatic N) is 2. The summed E-state index contributed by atoms with van der Waals surface area (Å²) in [5.41, 5.74) is 0.464. The molecule has 0 saturated carbocycles. The predicted octanol–water partition coefficient (Wildman–Crippen LogP) is 2.56. The Morgan fingerprint density at radius 2 is 1.78 bits per heavy atom. The van der Waals surface area contributed by atoms with Crippen LogP contribution in [0.5, 0.6) is 0 Å². The van der Waals surface area contributed by atoms with Gasteiger partial charge in [0.05, 0.1) is 10.6 Å². The fourth-order valence-corrected chi connectivity index (χ4v) is 2.67. The summed E-state index contributed by atoms with van der Waals surface area (Å²) >= 11 is 5.81. The summed E-state index contributed by atoms with van der Waals surface area (Å²) < 4.78 is 0. The van der Waals surface area contributed by atoms with Crippen molar-refractivity contribution in [3.63, 3.8) is 0 Å². The highest BCUT2D eigenvalue weighted by Crippen LogP contribution is 2.23. The minimum absolute atomic E-state index is 0.122. The molecule has 1 atom stereocenters. The molecule has 27 heavy (non-hydrogen) atoms. The molecule has 10 heteroatoms. The molecule has 0 radical (unpaired) electrons. The Bertz CT molecular complexity index is 914. The predicted molar refractivity (Wildman–Crippen MR) is 97.6 cm³/mol. The molecular weight excluding hydrogens is 376 g/mol. The van der Waals surface area contributed by atoms with E-state index in [1.165, 1.54) is 48.5 Å². The average Bonchev–Trinajstić information content (AvgIpc) is 2.63. The molecule has 1 saturated heterocycles. The number of amides is 4. The van der Waals surface area contributed by atoms with E-state index < -0.39 is 28.7 Å². The fourth-order valence-electron chi connectivity index (χ4n) is 2.55. The van der Waals surface area contributed by atoms with E-state index in [0.717, 1.165) is 4.90 Å². The van der Waals surface area contributed by atoms with Crippen molar-refractivity contribution in [2.24, 2.45) is 5.92 Å². The van der Waals surface area contributed by atoms with Crippen molar-refractivity contribution >= 4 is 46.5 Å². The lowest BCUT2D eigenvalue weighted by molar-refractivity contribution is -0.384. The standard InChI is InChI=1S/C17H13ClN4O5/c18-10-1-5-12(6-2-10)21-16(24)14(9-19-17(21)25)15(23)20-11-3-7-13(8-4-11)22(26)27/h1-8,14H,9H2,(H,19,25)(H,20,23). The number of benzene rings is 2. The molecule has 0 spiro atoms. The van der Waals surface area contributed by atoms with Gasteiger partial charge in [0.1, 0.15) is 5.92 Å². The van der Waals surface area contributed by atoms with Gasteiger partial charge in [-0.05, 0) is 36.4 Å². The molecule has 0 aliphatic carbocycles. The summed E-state index contributed by atoms with van der Waals surface area (Å²) in [6.45, 7) is -0.152. The maximum absolute atomic E-state index is 12.7. The number of carbonyl (C=O) groups excluding carboxylic acids is 3.